The SMILES string of the molecule is Cl.NC(N)=NCCC[C@@](O)(NC(=O)CCCc1ccccc1)C(=O)O. The second-order valence-electron chi connectivity index (χ2n) is 5.46. The lowest BCUT2D eigenvalue weighted by Gasteiger charge is -2.24. The fourth-order valence-corrected chi connectivity index (χ4v) is 2.16. The molecular formula is C16H25ClN4O4. The number of guanidine groups is 1. The van der Waals surface area contributed by atoms with Crippen LogP contribution in [-0.4, -0.2) is 40.3 Å². The quantitative estimate of drug-likeness (QED) is 0.173. The number of hydrogen-bond acceptors (Lipinski definition) is 4. The number of aliphatic carboxylic acids is 1. The number of aliphatic hydroxyl groups is 1. The van der Waals surface area contributed by atoms with Crippen molar-refractivity contribution in [2.75, 3.05) is 6.54 Å². The highest BCUT2D eigenvalue weighted by Crippen LogP contribution is 2.12. The number of halogens is 1. The van der Waals surface area contributed by atoms with Gasteiger partial charge in [-0.2, -0.15) is 0 Å². The van der Waals surface area contributed by atoms with Gasteiger partial charge in [0.1, 0.15) is 0 Å². The Kier molecular flexibility index (Phi) is 10.2. The lowest BCUT2D eigenvalue weighted by Crippen LogP contribution is -2.54. The predicted octanol–water partition coefficient (Wildman–Crippen LogP) is 0.374. The van der Waals surface area contributed by atoms with Crippen LogP contribution in [-0.2, 0) is 16.0 Å². The zero-order valence-corrected chi connectivity index (χ0v) is 14.7. The van der Waals surface area contributed by atoms with Gasteiger partial charge < -0.3 is 27.0 Å². The van der Waals surface area contributed by atoms with Gasteiger partial charge in [-0.3, -0.25) is 9.79 Å². The van der Waals surface area contributed by atoms with Gasteiger partial charge >= 0.3 is 5.97 Å². The molecule has 0 aliphatic rings. The van der Waals surface area contributed by atoms with Crippen LogP contribution < -0.4 is 16.8 Å². The Bertz CT molecular complexity index is 579. The van der Waals surface area contributed by atoms with Gasteiger partial charge in [0.05, 0.1) is 0 Å². The molecule has 1 rings (SSSR count). The second kappa shape index (κ2) is 11.3. The Balaban J connectivity index is 0.00000576. The van der Waals surface area contributed by atoms with Crippen LogP contribution in [0.1, 0.15) is 31.2 Å². The van der Waals surface area contributed by atoms with Gasteiger partial charge in [-0.1, -0.05) is 30.3 Å². The molecule has 0 aliphatic heterocycles. The van der Waals surface area contributed by atoms with E-state index in [1.807, 2.05) is 30.3 Å². The first kappa shape index (κ1) is 22.7. The fourth-order valence-electron chi connectivity index (χ4n) is 2.16. The zero-order valence-electron chi connectivity index (χ0n) is 13.9. The molecule has 0 spiro atoms. The summed E-state index contributed by atoms with van der Waals surface area (Å²) in [5, 5.41) is 21.4. The molecule has 25 heavy (non-hydrogen) atoms. The Labute approximate surface area is 152 Å². The van der Waals surface area contributed by atoms with E-state index in [9.17, 15) is 14.7 Å². The summed E-state index contributed by atoms with van der Waals surface area (Å²) in [6.45, 7) is 0.168. The molecule has 0 radical (unpaired) electrons. The van der Waals surface area contributed by atoms with Crippen molar-refractivity contribution in [3.05, 3.63) is 35.9 Å². The molecule has 1 atom stereocenters. The molecule has 0 saturated heterocycles. The first-order chi connectivity index (χ1) is 11.3. The van der Waals surface area contributed by atoms with Crippen LogP contribution in [0.15, 0.2) is 35.3 Å². The molecule has 0 saturated carbocycles. The third-order valence-electron chi connectivity index (χ3n) is 3.40. The van der Waals surface area contributed by atoms with Crippen LogP contribution in [0.4, 0.5) is 0 Å². The minimum absolute atomic E-state index is 0. The maximum Gasteiger partial charge on any atom is 0.357 e. The summed E-state index contributed by atoms with van der Waals surface area (Å²) in [4.78, 5) is 26.8. The van der Waals surface area contributed by atoms with E-state index in [4.69, 9.17) is 16.6 Å². The third-order valence-corrected chi connectivity index (χ3v) is 3.40. The van der Waals surface area contributed by atoms with Crippen LogP contribution >= 0.6 is 12.4 Å². The largest absolute Gasteiger partial charge is 0.478 e. The number of amides is 1. The molecule has 140 valence electrons. The predicted molar refractivity (Wildman–Crippen MR) is 97.3 cm³/mol. The Morgan fingerprint density at radius 2 is 1.80 bits per heavy atom. The highest BCUT2D eigenvalue weighted by Gasteiger charge is 2.36. The summed E-state index contributed by atoms with van der Waals surface area (Å²) in [5.74, 6) is -2.14. The van der Waals surface area contributed by atoms with E-state index in [-0.39, 0.29) is 44.2 Å². The number of carboxylic acid groups (broad SMARTS) is 1. The smallest absolute Gasteiger partial charge is 0.357 e. The monoisotopic (exact) mass is 372 g/mol. The number of aryl methyl sites for hydroxylation is 1. The van der Waals surface area contributed by atoms with Gasteiger partial charge in [0.15, 0.2) is 5.96 Å². The van der Waals surface area contributed by atoms with Crippen molar-refractivity contribution < 1.29 is 19.8 Å². The third kappa shape index (κ3) is 8.92. The maximum atomic E-state index is 11.9. The van der Waals surface area contributed by atoms with Gasteiger partial charge in [-0.05, 0) is 24.8 Å². The standard InChI is InChI=1S/C16H24N4O4.ClH/c17-15(18)19-11-5-10-16(24,14(22)23)20-13(21)9-4-8-12-6-2-1-3-7-12;/h1-3,6-7,24H,4-5,8-11H2,(H,20,21)(H,22,23)(H4,17,18,19);1H/t16-;/m0./s1. The van der Waals surface area contributed by atoms with Crippen molar-refractivity contribution in [1.29, 1.82) is 0 Å². The summed E-state index contributed by atoms with van der Waals surface area (Å²) in [6.07, 6.45) is 1.40. The molecule has 1 amide bonds. The minimum atomic E-state index is -2.32. The van der Waals surface area contributed by atoms with E-state index in [0.29, 0.717) is 12.8 Å². The topological polar surface area (TPSA) is 151 Å². The van der Waals surface area contributed by atoms with E-state index in [1.165, 1.54) is 0 Å². The van der Waals surface area contributed by atoms with E-state index < -0.39 is 17.6 Å². The van der Waals surface area contributed by atoms with E-state index in [2.05, 4.69) is 10.3 Å². The number of benzene rings is 1. The first-order valence-corrected chi connectivity index (χ1v) is 7.69. The van der Waals surface area contributed by atoms with Crippen LogP contribution in [0.5, 0.6) is 0 Å². The average molecular weight is 373 g/mol. The lowest BCUT2D eigenvalue weighted by molar-refractivity contribution is -0.166. The van der Waals surface area contributed by atoms with Crippen molar-refractivity contribution in [2.24, 2.45) is 16.5 Å². The van der Waals surface area contributed by atoms with Crippen LogP contribution in [0.3, 0.4) is 0 Å². The highest BCUT2D eigenvalue weighted by molar-refractivity contribution is 5.85. The van der Waals surface area contributed by atoms with Gasteiger partial charge in [0.25, 0.3) is 0 Å². The molecule has 1 aromatic carbocycles. The number of nitrogens with one attached hydrogen (secondary N) is 1. The second-order valence-corrected chi connectivity index (χ2v) is 5.46. The summed E-state index contributed by atoms with van der Waals surface area (Å²) >= 11 is 0. The molecule has 0 unspecified atom stereocenters. The lowest BCUT2D eigenvalue weighted by atomic mass is 10.1. The molecule has 0 aliphatic carbocycles. The van der Waals surface area contributed by atoms with Gasteiger partial charge in [-0.25, -0.2) is 4.79 Å². The first-order valence-electron chi connectivity index (χ1n) is 7.69. The fraction of sp³-hybridized carbons (Fsp3) is 0.438. The number of aliphatic imine (C=N–C) groups is 1. The Morgan fingerprint density at radius 1 is 1.16 bits per heavy atom. The maximum absolute atomic E-state index is 11.9. The molecule has 0 heterocycles. The number of carbonyl (C=O) groups excluding carboxylic acids is 1. The van der Waals surface area contributed by atoms with E-state index >= 15 is 0 Å². The number of carbonyl (C=O) groups is 2. The summed E-state index contributed by atoms with van der Waals surface area (Å²) in [7, 11) is 0. The van der Waals surface area contributed by atoms with Crippen molar-refractivity contribution in [3.63, 3.8) is 0 Å². The number of rotatable bonds is 10. The number of carboxylic acids is 1. The van der Waals surface area contributed by atoms with Crippen molar-refractivity contribution in [1.82, 2.24) is 5.32 Å². The summed E-state index contributed by atoms with van der Waals surface area (Å²) < 4.78 is 0. The van der Waals surface area contributed by atoms with Crippen LogP contribution in [0.25, 0.3) is 0 Å². The molecule has 9 heteroatoms. The molecule has 0 aromatic heterocycles. The molecule has 0 bridgehead atoms. The highest BCUT2D eigenvalue weighted by atomic mass is 35.5. The van der Waals surface area contributed by atoms with Gasteiger partial charge in [0.2, 0.25) is 11.6 Å². The normalized spacial score (nSPS) is 12.4. The number of hydrogen-bond donors (Lipinski definition) is 5. The molecular weight excluding hydrogens is 348 g/mol. The minimum Gasteiger partial charge on any atom is -0.478 e. The van der Waals surface area contributed by atoms with Gasteiger partial charge in [0, 0.05) is 19.4 Å². The molecule has 8 nitrogen and oxygen atoms in total. The number of nitrogens with zero attached hydrogens (tertiary/aromatic N) is 1. The Hall–Kier alpha value is -2.32. The summed E-state index contributed by atoms with van der Waals surface area (Å²) in [5.41, 5.74) is 9.11. The Morgan fingerprint density at radius 3 is 2.36 bits per heavy atom. The summed E-state index contributed by atoms with van der Waals surface area (Å²) in [6, 6.07) is 9.64. The molecule has 7 N–H and O–H groups in total. The molecule has 1 aromatic rings. The van der Waals surface area contributed by atoms with Crippen molar-refractivity contribution in [3.8, 4) is 0 Å². The zero-order chi connectivity index (χ0) is 18.0. The van der Waals surface area contributed by atoms with E-state index in [1.54, 1.807) is 0 Å². The number of nitrogens with two attached hydrogens (primary N) is 2. The van der Waals surface area contributed by atoms with Gasteiger partial charge in [-0.15, -0.1) is 12.4 Å². The van der Waals surface area contributed by atoms with E-state index in [0.717, 1.165) is 5.56 Å². The van der Waals surface area contributed by atoms with Crippen LogP contribution in [0.2, 0.25) is 0 Å². The van der Waals surface area contributed by atoms with Crippen molar-refractivity contribution >= 4 is 30.2 Å². The average Bonchev–Trinajstić information content (AvgIpc) is 2.52. The molecule has 0 fully saturated rings. The van der Waals surface area contributed by atoms with Crippen molar-refractivity contribution in [2.45, 2.75) is 37.8 Å². The van der Waals surface area contributed by atoms with Crippen LogP contribution in [0, 0.1) is 0 Å².